The predicted octanol–water partition coefficient (Wildman–Crippen LogP) is -0.518. The molecule has 6 N–H and O–H groups in total. The number of aliphatic hydroxyl groups excluding tert-OH is 2. The minimum atomic E-state index is -1.35. The van der Waals surface area contributed by atoms with Gasteiger partial charge in [0.05, 0.1) is 23.6 Å². The number of nitrogens with zero attached hydrogens (tertiary/aromatic N) is 2. The fourth-order valence-corrected chi connectivity index (χ4v) is 1.89. The number of nitrogens with two attached hydrogens (primary N) is 2. The number of aliphatic hydroxyl groups is 2. The first-order valence-corrected chi connectivity index (χ1v) is 5.64. The van der Waals surface area contributed by atoms with Gasteiger partial charge in [0.25, 0.3) is 0 Å². The van der Waals surface area contributed by atoms with Crippen LogP contribution in [0, 0.1) is 0 Å². The molecular weight excluding hydrogens is 248 g/mol. The van der Waals surface area contributed by atoms with E-state index in [1.54, 1.807) is 12.1 Å². The molecule has 0 radical (unpaired) electrons. The van der Waals surface area contributed by atoms with Crippen molar-refractivity contribution in [2.45, 2.75) is 18.6 Å². The number of carbonyl (C=O) groups is 1. The molecule has 1 aromatic heterocycles. The lowest BCUT2D eigenvalue weighted by atomic mass is 9.98. The molecule has 2 aromatic rings. The van der Waals surface area contributed by atoms with Crippen LogP contribution in [-0.2, 0) is 4.79 Å². The molecule has 0 fully saturated rings. The van der Waals surface area contributed by atoms with E-state index >= 15 is 0 Å². The Labute approximate surface area is 108 Å². The maximum atomic E-state index is 10.8. The van der Waals surface area contributed by atoms with Gasteiger partial charge in [-0.1, -0.05) is 0 Å². The third-order valence-electron chi connectivity index (χ3n) is 2.78. The SMILES string of the molecule is NC(=O)CC(O)C(O)c1c(N)ccc2nccnc12. The highest BCUT2D eigenvalue weighted by Crippen LogP contribution is 2.30. The fourth-order valence-electron chi connectivity index (χ4n) is 1.89. The Kier molecular flexibility index (Phi) is 3.59. The van der Waals surface area contributed by atoms with Crippen LogP contribution in [0.2, 0.25) is 0 Å². The van der Waals surface area contributed by atoms with Crippen molar-refractivity contribution in [2.24, 2.45) is 5.73 Å². The molecule has 100 valence electrons. The Bertz CT molecular complexity index is 617. The summed E-state index contributed by atoms with van der Waals surface area (Å²) in [4.78, 5) is 19.0. The normalized spacial score (nSPS) is 14.2. The van der Waals surface area contributed by atoms with E-state index in [1.807, 2.05) is 0 Å². The molecule has 7 nitrogen and oxygen atoms in total. The first-order valence-electron chi connectivity index (χ1n) is 5.64. The molecule has 0 spiro atoms. The second-order valence-electron chi connectivity index (χ2n) is 4.18. The van der Waals surface area contributed by atoms with Crippen LogP contribution in [0.15, 0.2) is 24.5 Å². The van der Waals surface area contributed by atoms with Gasteiger partial charge >= 0.3 is 0 Å². The number of aromatic nitrogens is 2. The minimum absolute atomic E-state index is 0.249. The number of amides is 1. The summed E-state index contributed by atoms with van der Waals surface area (Å²) in [5.41, 5.74) is 12.2. The van der Waals surface area contributed by atoms with Gasteiger partial charge in [0.15, 0.2) is 0 Å². The lowest BCUT2D eigenvalue weighted by Crippen LogP contribution is -2.26. The topological polar surface area (TPSA) is 135 Å². The van der Waals surface area contributed by atoms with Crippen molar-refractivity contribution in [2.75, 3.05) is 5.73 Å². The van der Waals surface area contributed by atoms with Crippen molar-refractivity contribution in [3.63, 3.8) is 0 Å². The molecular formula is C12H14N4O3. The van der Waals surface area contributed by atoms with E-state index in [-0.39, 0.29) is 17.7 Å². The first-order chi connectivity index (χ1) is 9.00. The van der Waals surface area contributed by atoms with Gasteiger partial charge < -0.3 is 21.7 Å². The molecule has 1 amide bonds. The maximum absolute atomic E-state index is 10.8. The van der Waals surface area contributed by atoms with Gasteiger partial charge in [-0.05, 0) is 12.1 Å². The van der Waals surface area contributed by atoms with Gasteiger partial charge in [-0.2, -0.15) is 0 Å². The highest BCUT2D eigenvalue weighted by molar-refractivity contribution is 5.83. The van der Waals surface area contributed by atoms with Gasteiger partial charge in [0.2, 0.25) is 5.91 Å². The quantitative estimate of drug-likeness (QED) is 0.547. The van der Waals surface area contributed by atoms with Crippen molar-refractivity contribution in [3.05, 3.63) is 30.1 Å². The zero-order valence-corrected chi connectivity index (χ0v) is 10.0. The summed E-state index contributed by atoms with van der Waals surface area (Å²) in [6.45, 7) is 0. The van der Waals surface area contributed by atoms with Crippen LogP contribution < -0.4 is 11.5 Å². The van der Waals surface area contributed by atoms with Crippen molar-refractivity contribution in [1.29, 1.82) is 0 Å². The molecule has 0 aliphatic heterocycles. The third-order valence-corrected chi connectivity index (χ3v) is 2.78. The summed E-state index contributed by atoms with van der Waals surface area (Å²) in [5, 5.41) is 19.9. The van der Waals surface area contributed by atoms with Crippen LogP contribution in [-0.4, -0.2) is 32.2 Å². The van der Waals surface area contributed by atoms with E-state index in [1.165, 1.54) is 12.4 Å². The van der Waals surface area contributed by atoms with E-state index < -0.39 is 18.1 Å². The Hall–Kier alpha value is -2.25. The van der Waals surface area contributed by atoms with Crippen LogP contribution in [0.1, 0.15) is 18.1 Å². The summed E-state index contributed by atoms with van der Waals surface area (Å²) in [6, 6.07) is 3.22. The zero-order chi connectivity index (χ0) is 14.0. The molecule has 2 rings (SSSR count). The van der Waals surface area contributed by atoms with E-state index in [2.05, 4.69) is 9.97 Å². The Balaban J connectivity index is 2.48. The van der Waals surface area contributed by atoms with E-state index in [0.29, 0.717) is 11.0 Å². The number of hydrogen-bond acceptors (Lipinski definition) is 6. The Morgan fingerprint density at radius 3 is 2.63 bits per heavy atom. The van der Waals surface area contributed by atoms with E-state index in [4.69, 9.17) is 11.5 Å². The number of fused-ring (bicyclic) bond motifs is 1. The average molecular weight is 262 g/mol. The predicted molar refractivity (Wildman–Crippen MR) is 68.7 cm³/mol. The molecule has 1 aromatic carbocycles. The molecule has 0 saturated carbocycles. The summed E-state index contributed by atoms with van der Waals surface area (Å²) < 4.78 is 0. The van der Waals surface area contributed by atoms with Crippen molar-refractivity contribution >= 4 is 22.6 Å². The number of anilines is 1. The summed E-state index contributed by atoms with van der Waals surface area (Å²) in [6.07, 6.45) is -0.0927. The van der Waals surface area contributed by atoms with Crippen molar-refractivity contribution in [1.82, 2.24) is 9.97 Å². The van der Waals surface area contributed by atoms with Crippen LogP contribution in [0.25, 0.3) is 11.0 Å². The number of primary amides is 1. The third kappa shape index (κ3) is 2.61. The summed E-state index contributed by atoms with van der Waals surface area (Å²) in [5.74, 6) is -0.712. The maximum Gasteiger partial charge on any atom is 0.220 e. The number of carbonyl (C=O) groups excluding carboxylic acids is 1. The molecule has 0 aliphatic rings. The van der Waals surface area contributed by atoms with Crippen molar-refractivity contribution < 1.29 is 15.0 Å². The number of benzene rings is 1. The van der Waals surface area contributed by atoms with Gasteiger partial charge in [-0.15, -0.1) is 0 Å². The van der Waals surface area contributed by atoms with Crippen LogP contribution in [0.4, 0.5) is 5.69 Å². The summed E-state index contributed by atoms with van der Waals surface area (Å²) >= 11 is 0. The van der Waals surface area contributed by atoms with Gasteiger partial charge in [0.1, 0.15) is 6.10 Å². The van der Waals surface area contributed by atoms with Crippen LogP contribution in [0.5, 0.6) is 0 Å². The zero-order valence-electron chi connectivity index (χ0n) is 10.0. The molecule has 1 heterocycles. The standard InChI is InChI=1S/C12H14N4O3/c13-6-1-2-7-11(16-4-3-15-7)10(6)12(19)8(17)5-9(14)18/h1-4,8,12,17,19H,5,13H2,(H2,14,18). The molecule has 19 heavy (non-hydrogen) atoms. The molecule has 7 heteroatoms. The van der Waals surface area contributed by atoms with E-state index in [9.17, 15) is 15.0 Å². The molecule has 2 unspecified atom stereocenters. The van der Waals surface area contributed by atoms with E-state index in [0.717, 1.165) is 0 Å². The smallest absolute Gasteiger partial charge is 0.220 e. The second kappa shape index (κ2) is 5.17. The monoisotopic (exact) mass is 262 g/mol. The highest BCUT2D eigenvalue weighted by Gasteiger charge is 2.25. The Morgan fingerprint density at radius 1 is 1.26 bits per heavy atom. The van der Waals surface area contributed by atoms with Gasteiger partial charge in [0, 0.05) is 23.6 Å². The number of rotatable bonds is 4. The largest absolute Gasteiger partial charge is 0.398 e. The molecule has 0 aliphatic carbocycles. The molecule has 0 saturated heterocycles. The Morgan fingerprint density at radius 2 is 1.95 bits per heavy atom. The van der Waals surface area contributed by atoms with Crippen LogP contribution >= 0.6 is 0 Å². The van der Waals surface area contributed by atoms with Crippen molar-refractivity contribution in [3.8, 4) is 0 Å². The first kappa shape index (κ1) is 13.2. The minimum Gasteiger partial charge on any atom is -0.398 e. The number of hydrogen-bond donors (Lipinski definition) is 4. The average Bonchev–Trinajstić information content (AvgIpc) is 2.37. The lowest BCUT2D eigenvalue weighted by molar-refractivity contribution is -0.121. The number of nitrogen functional groups attached to an aromatic ring is 1. The summed E-state index contributed by atoms with van der Waals surface area (Å²) in [7, 11) is 0. The lowest BCUT2D eigenvalue weighted by Gasteiger charge is -2.19. The molecule has 2 atom stereocenters. The molecule has 0 bridgehead atoms. The van der Waals surface area contributed by atoms with Gasteiger partial charge in [-0.3, -0.25) is 14.8 Å². The van der Waals surface area contributed by atoms with Gasteiger partial charge in [-0.25, -0.2) is 0 Å². The fraction of sp³-hybridized carbons (Fsp3) is 0.250. The highest BCUT2D eigenvalue weighted by atomic mass is 16.3. The van der Waals surface area contributed by atoms with Crippen LogP contribution in [0.3, 0.4) is 0 Å². The second-order valence-corrected chi connectivity index (χ2v) is 4.18.